The average Bonchev–Trinajstić information content (AvgIpc) is 3.03. The molecule has 0 amide bonds. The predicted molar refractivity (Wildman–Crippen MR) is 82.4 cm³/mol. The van der Waals surface area contributed by atoms with E-state index in [0.717, 1.165) is 22.9 Å². The van der Waals surface area contributed by atoms with Crippen LogP contribution in [0.25, 0.3) is 5.69 Å². The molecule has 2 aromatic heterocycles. The fourth-order valence-electron chi connectivity index (χ4n) is 2.20. The van der Waals surface area contributed by atoms with Gasteiger partial charge in [0.15, 0.2) is 0 Å². The second kappa shape index (κ2) is 5.75. The van der Waals surface area contributed by atoms with Gasteiger partial charge in [-0.1, -0.05) is 18.2 Å². The van der Waals surface area contributed by atoms with Gasteiger partial charge in [0.1, 0.15) is 5.82 Å². The maximum absolute atomic E-state index is 4.49. The minimum absolute atomic E-state index is 0.688. The molecular formula is C16H17N5. The van der Waals surface area contributed by atoms with Crippen LogP contribution in [0, 0.1) is 13.8 Å². The van der Waals surface area contributed by atoms with E-state index >= 15 is 0 Å². The first-order valence-corrected chi connectivity index (χ1v) is 6.84. The van der Waals surface area contributed by atoms with Gasteiger partial charge < -0.3 is 9.88 Å². The van der Waals surface area contributed by atoms with Crippen LogP contribution in [-0.2, 0) is 6.54 Å². The second-order valence-corrected chi connectivity index (χ2v) is 4.90. The molecule has 0 atom stereocenters. The normalized spacial score (nSPS) is 10.6. The Morgan fingerprint density at radius 3 is 2.86 bits per heavy atom. The van der Waals surface area contributed by atoms with Crippen molar-refractivity contribution >= 4 is 5.82 Å². The molecule has 0 saturated heterocycles. The maximum atomic E-state index is 4.49. The summed E-state index contributed by atoms with van der Waals surface area (Å²) in [6.45, 7) is 4.58. The molecule has 0 fully saturated rings. The summed E-state index contributed by atoms with van der Waals surface area (Å²) in [7, 11) is 0. The van der Waals surface area contributed by atoms with Gasteiger partial charge in [0.25, 0.3) is 0 Å². The van der Waals surface area contributed by atoms with E-state index < -0.39 is 0 Å². The molecular weight excluding hydrogens is 262 g/mol. The molecule has 1 N–H and O–H groups in total. The van der Waals surface area contributed by atoms with Gasteiger partial charge in [-0.15, -0.1) is 0 Å². The minimum Gasteiger partial charge on any atom is -0.364 e. The van der Waals surface area contributed by atoms with Gasteiger partial charge in [-0.25, -0.2) is 9.97 Å². The largest absolute Gasteiger partial charge is 0.364 e. The summed E-state index contributed by atoms with van der Waals surface area (Å²) in [5.74, 6) is 0.829. The lowest BCUT2D eigenvalue weighted by Crippen LogP contribution is -2.07. The number of hydrogen-bond acceptors (Lipinski definition) is 4. The van der Waals surface area contributed by atoms with E-state index in [1.54, 1.807) is 18.7 Å². The van der Waals surface area contributed by atoms with Gasteiger partial charge >= 0.3 is 0 Å². The Balaban J connectivity index is 1.84. The third-order valence-corrected chi connectivity index (χ3v) is 3.30. The number of anilines is 1. The molecule has 0 saturated carbocycles. The number of aromatic nitrogens is 4. The molecule has 0 radical (unpaired) electrons. The molecule has 0 aliphatic carbocycles. The third-order valence-electron chi connectivity index (χ3n) is 3.30. The summed E-state index contributed by atoms with van der Waals surface area (Å²) in [4.78, 5) is 12.9. The van der Waals surface area contributed by atoms with Crippen molar-refractivity contribution in [2.24, 2.45) is 0 Å². The number of benzene rings is 1. The summed E-state index contributed by atoms with van der Waals surface area (Å²) < 4.78 is 2.01. The number of para-hydroxylation sites is 1. The number of imidazole rings is 1. The Morgan fingerprint density at radius 1 is 1.19 bits per heavy atom. The first-order valence-electron chi connectivity index (χ1n) is 6.84. The van der Waals surface area contributed by atoms with Crippen molar-refractivity contribution in [3.8, 4) is 5.69 Å². The van der Waals surface area contributed by atoms with Gasteiger partial charge in [0.05, 0.1) is 23.4 Å². The molecule has 5 nitrogen and oxygen atoms in total. The van der Waals surface area contributed by atoms with E-state index in [9.17, 15) is 0 Å². The molecule has 106 valence electrons. The Kier molecular flexibility index (Phi) is 3.64. The lowest BCUT2D eigenvalue weighted by atomic mass is 10.1. The monoisotopic (exact) mass is 279 g/mol. The second-order valence-electron chi connectivity index (χ2n) is 4.90. The number of nitrogens with one attached hydrogen (secondary N) is 1. The SMILES string of the molecule is Cc1cnc(C)c(NCc2ccccc2-n2ccnc2)n1. The highest BCUT2D eigenvalue weighted by Crippen LogP contribution is 2.16. The predicted octanol–water partition coefficient (Wildman–Crippen LogP) is 2.89. The fourth-order valence-corrected chi connectivity index (χ4v) is 2.20. The van der Waals surface area contributed by atoms with Gasteiger partial charge in [0.2, 0.25) is 0 Å². The van der Waals surface area contributed by atoms with Gasteiger partial charge in [-0.3, -0.25) is 4.98 Å². The van der Waals surface area contributed by atoms with E-state index in [1.165, 1.54) is 5.56 Å². The van der Waals surface area contributed by atoms with Crippen LogP contribution in [0.1, 0.15) is 17.0 Å². The first-order chi connectivity index (χ1) is 10.2. The molecule has 0 bridgehead atoms. The number of aryl methyl sites for hydroxylation is 2. The zero-order valence-corrected chi connectivity index (χ0v) is 12.1. The highest BCUT2D eigenvalue weighted by Gasteiger charge is 2.06. The highest BCUT2D eigenvalue weighted by molar-refractivity contribution is 5.45. The smallest absolute Gasteiger partial charge is 0.148 e. The van der Waals surface area contributed by atoms with Crippen molar-refractivity contribution in [1.29, 1.82) is 0 Å². The van der Waals surface area contributed by atoms with Crippen molar-refractivity contribution in [3.63, 3.8) is 0 Å². The molecule has 2 heterocycles. The standard InChI is InChI=1S/C16H17N5/c1-12-9-18-13(2)16(20-12)19-10-14-5-3-4-6-15(14)21-8-7-17-11-21/h3-9,11H,10H2,1-2H3,(H,19,20). The Labute approximate surface area is 123 Å². The molecule has 3 aromatic rings. The van der Waals surface area contributed by atoms with Crippen LogP contribution in [0.3, 0.4) is 0 Å². The summed E-state index contributed by atoms with van der Waals surface area (Å²) in [5.41, 5.74) is 4.10. The van der Waals surface area contributed by atoms with Crippen LogP contribution >= 0.6 is 0 Å². The van der Waals surface area contributed by atoms with E-state index in [0.29, 0.717) is 6.54 Å². The van der Waals surface area contributed by atoms with E-state index in [4.69, 9.17) is 0 Å². The first kappa shape index (κ1) is 13.3. The fraction of sp³-hybridized carbons (Fsp3) is 0.188. The molecule has 21 heavy (non-hydrogen) atoms. The molecule has 0 spiro atoms. The van der Waals surface area contributed by atoms with Crippen molar-refractivity contribution in [1.82, 2.24) is 19.5 Å². The zero-order valence-electron chi connectivity index (χ0n) is 12.1. The van der Waals surface area contributed by atoms with Crippen molar-refractivity contribution in [3.05, 3.63) is 66.1 Å². The lowest BCUT2D eigenvalue weighted by molar-refractivity contribution is 0.984. The highest BCUT2D eigenvalue weighted by atomic mass is 15.0. The molecule has 0 aliphatic rings. The number of nitrogens with zero attached hydrogens (tertiary/aromatic N) is 4. The van der Waals surface area contributed by atoms with Crippen molar-refractivity contribution < 1.29 is 0 Å². The van der Waals surface area contributed by atoms with E-state index in [2.05, 4.69) is 32.4 Å². The number of rotatable bonds is 4. The molecule has 3 rings (SSSR count). The Hall–Kier alpha value is -2.69. The van der Waals surface area contributed by atoms with Crippen LogP contribution in [0.4, 0.5) is 5.82 Å². The molecule has 0 aliphatic heterocycles. The topological polar surface area (TPSA) is 55.6 Å². The van der Waals surface area contributed by atoms with E-state index in [-0.39, 0.29) is 0 Å². The lowest BCUT2D eigenvalue weighted by Gasteiger charge is -2.12. The third kappa shape index (κ3) is 2.91. The summed E-state index contributed by atoms with van der Waals surface area (Å²) >= 11 is 0. The van der Waals surface area contributed by atoms with E-state index in [1.807, 2.05) is 36.7 Å². The van der Waals surface area contributed by atoms with Crippen LogP contribution < -0.4 is 5.32 Å². The van der Waals surface area contributed by atoms with Crippen LogP contribution in [0.2, 0.25) is 0 Å². The van der Waals surface area contributed by atoms with Gasteiger partial charge in [0, 0.05) is 25.1 Å². The Morgan fingerprint density at radius 2 is 2.05 bits per heavy atom. The van der Waals surface area contributed by atoms with Crippen LogP contribution in [0.15, 0.2) is 49.2 Å². The average molecular weight is 279 g/mol. The summed E-state index contributed by atoms with van der Waals surface area (Å²) in [6.07, 6.45) is 7.30. The summed E-state index contributed by atoms with van der Waals surface area (Å²) in [6, 6.07) is 8.23. The molecule has 5 heteroatoms. The summed E-state index contributed by atoms with van der Waals surface area (Å²) in [5, 5.41) is 3.37. The quantitative estimate of drug-likeness (QED) is 0.798. The number of hydrogen-bond donors (Lipinski definition) is 1. The van der Waals surface area contributed by atoms with Crippen LogP contribution in [-0.4, -0.2) is 19.5 Å². The minimum atomic E-state index is 0.688. The van der Waals surface area contributed by atoms with Gasteiger partial charge in [-0.05, 0) is 25.5 Å². The van der Waals surface area contributed by atoms with Crippen molar-refractivity contribution in [2.45, 2.75) is 20.4 Å². The van der Waals surface area contributed by atoms with Crippen LogP contribution in [0.5, 0.6) is 0 Å². The molecule has 0 unspecified atom stereocenters. The zero-order chi connectivity index (χ0) is 14.7. The Bertz CT molecular complexity index is 734. The van der Waals surface area contributed by atoms with Gasteiger partial charge in [-0.2, -0.15) is 0 Å². The maximum Gasteiger partial charge on any atom is 0.148 e. The van der Waals surface area contributed by atoms with Crippen molar-refractivity contribution in [2.75, 3.05) is 5.32 Å². The molecule has 1 aromatic carbocycles.